The molecule has 0 bridgehead atoms. The molecular weight excluding hydrogens is 259 g/mol. The first kappa shape index (κ1) is 10.3. The second kappa shape index (κ2) is 3.93. The van der Waals surface area contributed by atoms with Crippen LogP contribution in [-0.4, -0.2) is 11.0 Å². The van der Waals surface area contributed by atoms with Crippen molar-refractivity contribution in [3.05, 3.63) is 15.7 Å². The zero-order valence-corrected chi connectivity index (χ0v) is 9.02. The Labute approximate surface area is 88.2 Å². The molecule has 1 rings (SSSR count). The van der Waals surface area contributed by atoms with E-state index in [9.17, 15) is 4.79 Å². The van der Waals surface area contributed by atoms with E-state index < -0.39 is 5.97 Å². The van der Waals surface area contributed by atoms with E-state index >= 15 is 0 Å². The maximum atomic E-state index is 10.6. The van der Waals surface area contributed by atoms with E-state index in [-0.39, 0.29) is 16.7 Å². The Bertz CT molecular complexity index is 357. The van der Waals surface area contributed by atoms with Crippen molar-refractivity contribution >= 4 is 39.2 Å². The first-order valence-corrected chi connectivity index (χ1v) is 4.47. The largest absolute Gasteiger partial charge is 0.405 e. The summed E-state index contributed by atoms with van der Waals surface area (Å²) in [6.45, 7) is 1.26. The van der Waals surface area contributed by atoms with Gasteiger partial charge in [0, 0.05) is 11.4 Å². The average molecular weight is 265 g/mol. The van der Waals surface area contributed by atoms with Gasteiger partial charge in [-0.15, -0.1) is 0 Å². The molecule has 1 heterocycles. The van der Waals surface area contributed by atoms with E-state index in [1.54, 1.807) is 0 Å². The van der Waals surface area contributed by atoms with Gasteiger partial charge in [0.05, 0.1) is 0 Å². The number of rotatable bonds is 1. The van der Waals surface area contributed by atoms with Crippen LogP contribution in [0.25, 0.3) is 0 Å². The molecule has 1 aromatic heterocycles. The molecule has 0 aliphatic carbocycles. The Morgan fingerprint density at radius 2 is 2.38 bits per heavy atom. The highest BCUT2D eigenvalue weighted by Crippen LogP contribution is 2.30. The fourth-order valence-corrected chi connectivity index (χ4v) is 1.39. The molecule has 0 aliphatic rings. The van der Waals surface area contributed by atoms with Crippen molar-refractivity contribution in [3.8, 4) is 5.88 Å². The van der Waals surface area contributed by atoms with Crippen molar-refractivity contribution in [2.75, 3.05) is 5.73 Å². The normalized spacial score (nSPS) is 9.77. The zero-order chi connectivity index (χ0) is 10.0. The molecule has 0 radical (unpaired) electrons. The summed E-state index contributed by atoms with van der Waals surface area (Å²) in [6, 6.07) is 1.52. The highest BCUT2D eigenvalue weighted by Gasteiger charge is 2.10. The zero-order valence-electron chi connectivity index (χ0n) is 6.67. The van der Waals surface area contributed by atoms with Gasteiger partial charge < -0.3 is 10.5 Å². The van der Waals surface area contributed by atoms with Crippen molar-refractivity contribution in [1.29, 1.82) is 0 Å². The maximum absolute atomic E-state index is 10.6. The number of nitrogen functional groups attached to an aromatic ring is 1. The molecular formula is C7H6BrClN2O2. The SMILES string of the molecule is CC(=O)Oc1nc(Cl)cc(Br)c1N. The minimum Gasteiger partial charge on any atom is -0.405 e. The fraction of sp³-hybridized carbons (Fsp3) is 0.143. The molecule has 0 fully saturated rings. The van der Waals surface area contributed by atoms with Crippen LogP contribution >= 0.6 is 27.5 Å². The molecule has 0 unspecified atom stereocenters. The van der Waals surface area contributed by atoms with Crippen LogP contribution in [0, 0.1) is 0 Å². The third-order valence-corrected chi connectivity index (χ3v) is 2.03. The van der Waals surface area contributed by atoms with Gasteiger partial charge in [0.15, 0.2) is 0 Å². The third kappa shape index (κ3) is 2.57. The van der Waals surface area contributed by atoms with Gasteiger partial charge in [-0.05, 0) is 22.0 Å². The van der Waals surface area contributed by atoms with Gasteiger partial charge in [-0.2, -0.15) is 4.98 Å². The lowest BCUT2D eigenvalue weighted by Crippen LogP contribution is -2.06. The Kier molecular flexibility index (Phi) is 3.11. The van der Waals surface area contributed by atoms with Crippen molar-refractivity contribution < 1.29 is 9.53 Å². The monoisotopic (exact) mass is 264 g/mol. The average Bonchev–Trinajstić information content (AvgIpc) is 1.98. The summed E-state index contributed by atoms with van der Waals surface area (Å²) in [5.41, 5.74) is 5.80. The maximum Gasteiger partial charge on any atom is 0.309 e. The molecule has 0 saturated carbocycles. The molecule has 0 saturated heterocycles. The number of carbonyl (C=O) groups is 1. The van der Waals surface area contributed by atoms with E-state index in [4.69, 9.17) is 22.1 Å². The van der Waals surface area contributed by atoms with Gasteiger partial charge in [0.1, 0.15) is 10.8 Å². The minimum atomic E-state index is -0.492. The van der Waals surface area contributed by atoms with Gasteiger partial charge in [0.25, 0.3) is 0 Å². The molecule has 0 amide bonds. The van der Waals surface area contributed by atoms with Gasteiger partial charge >= 0.3 is 5.97 Å². The number of halogens is 2. The summed E-state index contributed by atoms with van der Waals surface area (Å²) in [5.74, 6) is -0.472. The van der Waals surface area contributed by atoms with Crippen LogP contribution in [0.4, 0.5) is 5.69 Å². The summed E-state index contributed by atoms with van der Waals surface area (Å²) in [6.07, 6.45) is 0. The number of aromatic nitrogens is 1. The van der Waals surface area contributed by atoms with Crippen LogP contribution in [0.2, 0.25) is 5.15 Å². The van der Waals surface area contributed by atoms with Crippen LogP contribution in [-0.2, 0) is 4.79 Å². The molecule has 0 aromatic carbocycles. The lowest BCUT2D eigenvalue weighted by atomic mass is 10.4. The minimum absolute atomic E-state index is 0.0203. The second-order valence-electron chi connectivity index (χ2n) is 2.24. The molecule has 13 heavy (non-hydrogen) atoms. The molecule has 6 heteroatoms. The molecule has 2 N–H and O–H groups in total. The third-order valence-electron chi connectivity index (χ3n) is 1.18. The topological polar surface area (TPSA) is 65.2 Å². The van der Waals surface area contributed by atoms with Gasteiger partial charge in [-0.25, -0.2) is 0 Å². The standard InChI is InChI=1S/C7H6BrClN2O2/c1-3(12)13-7-6(10)4(8)2-5(9)11-7/h2H,10H2,1H3. The second-order valence-corrected chi connectivity index (χ2v) is 3.48. The number of esters is 1. The summed E-state index contributed by atoms with van der Waals surface area (Å²) < 4.78 is 5.26. The van der Waals surface area contributed by atoms with Crippen LogP contribution in [0.15, 0.2) is 10.5 Å². The van der Waals surface area contributed by atoms with E-state index in [2.05, 4.69) is 20.9 Å². The van der Waals surface area contributed by atoms with Crippen LogP contribution in [0.3, 0.4) is 0 Å². The van der Waals surface area contributed by atoms with Crippen LogP contribution in [0.1, 0.15) is 6.92 Å². The molecule has 0 aliphatic heterocycles. The highest BCUT2D eigenvalue weighted by molar-refractivity contribution is 9.10. The Morgan fingerprint density at radius 1 is 1.77 bits per heavy atom. The molecule has 4 nitrogen and oxygen atoms in total. The quantitative estimate of drug-likeness (QED) is 0.623. The number of nitrogens with two attached hydrogens (primary N) is 1. The predicted molar refractivity (Wildman–Crippen MR) is 52.7 cm³/mol. The fourth-order valence-electron chi connectivity index (χ4n) is 0.688. The van der Waals surface area contributed by atoms with Crippen LogP contribution in [0.5, 0.6) is 5.88 Å². The highest BCUT2D eigenvalue weighted by atomic mass is 79.9. The van der Waals surface area contributed by atoms with Gasteiger partial charge in [-0.3, -0.25) is 4.79 Å². The van der Waals surface area contributed by atoms with E-state index in [1.807, 2.05) is 0 Å². The molecule has 70 valence electrons. The van der Waals surface area contributed by atoms with E-state index in [0.717, 1.165) is 0 Å². The number of hydrogen-bond donors (Lipinski definition) is 1. The Morgan fingerprint density at radius 3 is 2.92 bits per heavy atom. The Balaban J connectivity index is 3.12. The molecule has 0 spiro atoms. The number of nitrogens with zero attached hydrogens (tertiary/aromatic N) is 1. The number of ether oxygens (including phenoxy) is 1. The predicted octanol–water partition coefficient (Wildman–Crippen LogP) is 2.01. The number of hydrogen-bond acceptors (Lipinski definition) is 4. The van der Waals surface area contributed by atoms with Crippen molar-refractivity contribution in [3.63, 3.8) is 0 Å². The van der Waals surface area contributed by atoms with Crippen LogP contribution < -0.4 is 10.5 Å². The first-order chi connectivity index (χ1) is 6.00. The summed E-state index contributed by atoms with van der Waals surface area (Å²) in [5, 5.41) is 0.206. The van der Waals surface area contributed by atoms with Crippen molar-refractivity contribution in [2.45, 2.75) is 6.92 Å². The first-order valence-electron chi connectivity index (χ1n) is 3.30. The summed E-state index contributed by atoms with van der Waals surface area (Å²) >= 11 is 8.76. The Hall–Kier alpha value is -0.810. The summed E-state index contributed by atoms with van der Waals surface area (Å²) in [4.78, 5) is 14.4. The number of pyridine rings is 1. The lowest BCUT2D eigenvalue weighted by Gasteiger charge is -2.05. The number of carbonyl (C=O) groups excluding carboxylic acids is 1. The van der Waals surface area contributed by atoms with Gasteiger partial charge in [0.2, 0.25) is 5.88 Å². The molecule has 1 aromatic rings. The lowest BCUT2D eigenvalue weighted by molar-refractivity contribution is -0.132. The van der Waals surface area contributed by atoms with E-state index in [0.29, 0.717) is 4.47 Å². The molecule has 0 atom stereocenters. The van der Waals surface area contributed by atoms with Crippen molar-refractivity contribution in [1.82, 2.24) is 4.98 Å². The van der Waals surface area contributed by atoms with Crippen molar-refractivity contribution in [2.24, 2.45) is 0 Å². The smallest absolute Gasteiger partial charge is 0.309 e. The van der Waals surface area contributed by atoms with E-state index in [1.165, 1.54) is 13.0 Å². The number of anilines is 1. The summed E-state index contributed by atoms with van der Waals surface area (Å²) in [7, 11) is 0. The van der Waals surface area contributed by atoms with Gasteiger partial charge in [-0.1, -0.05) is 11.6 Å².